The van der Waals surface area contributed by atoms with Crippen LogP contribution in [0.2, 0.25) is 5.02 Å². The van der Waals surface area contributed by atoms with Gasteiger partial charge in [0.15, 0.2) is 5.78 Å². The second kappa shape index (κ2) is 17.9. The molecule has 2 N–H and O–H groups in total. The van der Waals surface area contributed by atoms with Gasteiger partial charge in [0.1, 0.15) is 5.75 Å². The van der Waals surface area contributed by atoms with E-state index in [4.69, 9.17) is 11.6 Å². The van der Waals surface area contributed by atoms with E-state index in [2.05, 4.69) is 0 Å². The van der Waals surface area contributed by atoms with Crippen molar-refractivity contribution in [1.29, 1.82) is 0 Å². The van der Waals surface area contributed by atoms with E-state index in [9.17, 15) is 19.8 Å². The first-order valence-electron chi connectivity index (χ1n) is 14.6. The molecule has 1 atom stereocenters. The number of rotatable bonds is 11. The number of phenolic OH excluding ortho intramolecular Hbond substituents is 1. The summed E-state index contributed by atoms with van der Waals surface area (Å²) in [5, 5.41) is 20.5. The van der Waals surface area contributed by atoms with Crippen LogP contribution in [-0.2, 0) is 9.59 Å². The number of para-hydroxylation sites is 1. The smallest absolute Gasteiger partial charge is 0.331 e. The Hall–Kier alpha value is -3.89. The monoisotopic (exact) mass is 602 g/mol. The lowest BCUT2D eigenvalue weighted by molar-refractivity contribution is -0.133. The number of carboxylic acids is 1. The predicted octanol–water partition coefficient (Wildman–Crippen LogP) is 11.1. The summed E-state index contributed by atoms with van der Waals surface area (Å²) in [4.78, 5) is 25.0. The highest BCUT2D eigenvalue weighted by molar-refractivity contribution is 6.33. The van der Waals surface area contributed by atoms with Gasteiger partial charge in [0.2, 0.25) is 0 Å². The molecule has 0 aliphatic rings. The molecule has 43 heavy (non-hydrogen) atoms. The molecule has 0 aliphatic carbocycles. The minimum Gasteiger partial charge on any atom is -0.507 e. The second-order valence-electron chi connectivity index (χ2n) is 9.92. The number of carbonyl (C=O) groups excluding carboxylic acids is 1. The molecule has 0 amide bonds. The Morgan fingerprint density at radius 2 is 1.53 bits per heavy atom. The fraction of sp³-hybridized carbons (Fsp3) is 0.316. The van der Waals surface area contributed by atoms with Crippen molar-refractivity contribution in [2.24, 2.45) is 5.92 Å². The summed E-state index contributed by atoms with van der Waals surface area (Å²) in [6.07, 6.45) is 7.01. The van der Waals surface area contributed by atoms with Crippen molar-refractivity contribution >= 4 is 28.9 Å². The van der Waals surface area contributed by atoms with E-state index in [0.717, 1.165) is 45.4 Å². The fourth-order valence-electron chi connectivity index (χ4n) is 4.61. The molecular weight excluding hydrogens is 556 g/mol. The van der Waals surface area contributed by atoms with E-state index in [1.165, 1.54) is 0 Å². The molecule has 3 aromatic carbocycles. The van der Waals surface area contributed by atoms with Gasteiger partial charge >= 0.3 is 5.97 Å². The van der Waals surface area contributed by atoms with Crippen molar-refractivity contribution in [2.45, 2.75) is 75.2 Å². The Kier molecular flexibility index (Phi) is 15.5. The zero-order valence-corrected chi connectivity index (χ0v) is 26.5. The number of phenols is 1. The van der Waals surface area contributed by atoms with Gasteiger partial charge in [-0.2, -0.15) is 0 Å². The summed E-state index contributed by atoms with van der Waals surface area (Å²) in [6, 6.07) is 18.8. The van der Waals surface area contributed by atoms with Gasteiger partial charge in [-0.15, -0.1) is 0 Å². The van der Waals surface area contributed by atoms with Crippen molar-refractivity contribution in [3.63, 3.8) is 0 Å². The molecule has 1 unspecified atom stereocenters. The highest BCUT2D eigenvalue weighted by Crippen LogP contribution is 2.36. The molecule has 0 bridgehead atoms. The minimum atomic E-state index is -0.922. The lowest BCUT2D eigenvalue weighted by Gasteiger charge is -2.15. The third-order valence-corrected chi connectivity index (χ3v) is 7.59. The number of ketones is 1. The Morgan fingerprint density at radius 1 is 0.953 bits per heavy atom. The summed E-state index contributed by atoms with van der Waals surface area (Å²) in [5.74, 6) is -0.777. The van der Waals surface area contributed by atoms with Gasteiger partial charge in [0.05, 0.1) is 0 Å². The third kappa shape index (κ3) is 9.56. The van der Waals surface area contributed by atoms with Crippen LogP contribution in [0.1, 0.15) is 79.4 Å². The highest BCUT2D eigenvalue weighted by atomic mass is 35.5. The van der Waals surface area contributed by atoms with Gasteiger partial charge in [-0.05, 0) is 84.7 Å². The minimum absolute atomic E-state index is 0. The van der Waals surface area contributed by atoms with Crippen LogP contribution in [0, 0.1) is 12.8 Å². The first-order valence-corrected chi connectivity index (χ1v) is 15.0. The predicted molar refractivity (Wildman–Crippen MR) is 184 cm³/mol. The fourth-order valence-corrected chi connectivity index (χ4v) is 4.94. The van der Waals surface area contributed by atoms with E-state index in [0.29, 0.717) is 29.0 Å². The van der Waals surface area contributed by atoms with Crippen LogP contribution < -0.4 is 0 Å². The van der Waals surface area contributed by atoms with Gasteiger partial charge in [0.25, 0.3) is 0 Å². The quantitative estimate of drug-likeness (QED) is 0.169. The summed E-state index contributed by atoms with van der Waals surface area (Å²) >= 11 is 6.70. The average Bonchev–Trinajstić information content (AvgIpc) is 3.00. The number of Topliss-reactive ketones (excluding diaryl/α,β-unsaturated/α-hetero) is 1. The van der Waals surface area contributed by atoms with E-state index >= 15 is 0 Å². The zero-order chi connectivity index (χ0) is 31.4. The Bertz CT molecular complexity index is 1480. The molecule has 3 aromatic rings. The zero-order valence-electron chi connectivity index (χ0n) is 25.8. The second-order valence-corrected chi connectivity index (χ2v) is 10.3. The molecule has 0 spiro atoms. The number of benzene rings is 3. The normalized spacial score (nSPS) is 12.5. The van der Waals surface area contributed by atoms with Crippen LogP contribution in [0.3, 0.4) is 0 Å². The van der Waals surface area contributed by atoms with Gasteiger partial charge in [-0.25, -0.2) is 4.79 Å². The molecular formula is C38H47ClO4. The maximum absolute atomic E-state index is 13.2. The summed E-state index contributed by atoms with van der Waals surface area (Å²) < 4.78 is 0. The Balaban J connectivity index is 0.00000302. The van der Waals surface area contributed by atoms with Gasteiger partial charge in [0, 0.05) is 33.7 Å². The van der Waals surface area contributed by atoms with E-state index in [-0.39, 0.29) is 24.9 Å². The maximum Gasteiger partial charge on any atom is 0.331 e. The average molecular weight is 603 g/mol. The Labute approximate surface area is 263 Å². The van der Waals surface area contributed by atoms with Crippen molar-refractivity contribution in [3.05, 3.63) is 106 Å². The summed E-state index contributed by atoms with van der Waals surface area (Å²) in [6.45, 7) is 13.5. The molecule has 3 rings (SSSR count). The SMILES string of the molecule is C.C/C=C(\C=C(\C(=O)O)C(C)CC)C/C=C(\C(=O)CC)c1cc(-c2ccc(-c3ccccc3O)cc2)c(Cl)cc1C.CC. The molecule has 230 valence electrons. The van der Waals surface area contributed by atoms with Crippen LogP contribution in [0.25, 0.3) is 27.8 Å². The number of aromatic hydroxyl groups is 1. The molecule has 4 nitrogen and oxygen atoms in total. The molecule has 0 radical (unpaired) electrons. The number of aryl methyl sites for hydroxylation is 1. The molecule has 0 aromatic heterocycles. The van der Waals surface area contributed by atoms with Crippen LogP contribution in [0.15, 0.2) is 90.0 Å². The van der Waals surface area contributed by atoms with E-state index in [1.54, 1.807) is 18.2 Å². The highest BCUT2D eigenvalue weighted by Gasteiger charge is 2.18. The molecule has 0 fully saturated rings. The Morgan fingerprint density at radius 3 is 2.05 bits per heavy atom. The standard InChI is InChI=1S/C35H37ClO4.C2H6.CH4/c1-6-22(4)30(35(39)40)20-24(7-2)13-18-28(33(37)8-3)29-21-31(32(36)19-23(29)5)26-16-14-25(15-17-26)27-11-9-10-12-34(27)38;1-2;/h7,9-12,14-22,38H,6,8,13H2,1-5H3,(H,39,40);1-2H3;1H4/b24-7-,28-18-,30-20+;;. The third-order valence-electron chi connectivity index (χ3n) is 7.28. The van der Waals surface area contributed by atoms with Crippen LogP contribution >= 0.6 is 11.6 Å². The van der Waals surface area contributed by atoms with Crippen LogP contribution in [0.4, 0.5) is 0 Å². The number of allylic oxidation sites excluding steroid dienone is 5. The maximum atomic E-state index is 13.2. The van der Waals surface area contributed by atoms with Crippen molar-refractivity contribution in [3.8, 4) is 28.0 Å². The lowest BCUT2D eigenvalue weighted by Crippen LogP contribution is -2.09. The van der Waals surface area contributed by atoms with Crippen LogP contribution in [-0.4, -0.2) is 22.0 Å². The van der Waals surface area contributed by atoms with E-state index in [1.807, 2.05) is 109 Å². The van der Waals surface area contributed by atoms with Crippen molar-refractivity contribution in [2.75, 3.05) is 0 Å². The van der Waals surface area contributed by atoms with Gasteiger partial charge < -0.3 is 10.2 Å². The molecule has 0 saturated heterocycles. The molecule has 0 aliphatic heterocycles. The first kappa shape index (κ1) is 37.1. The number of carboxylic acid groups (broad SMARTS) is 1. The number of carbonyl (C=O) groups is 2. The van der Waals surface area contributed by atoms with Gasteiger partial charge in [-0.1, -0.05) is 108 Å². The molecule has 0 heterocycles. The lowest BCUT2D eigenvalue weighted by atomic mass is 9.90. The van der Waals surface area contributed by atoms with Gasteiger partial charge in [-0.3, -0.25) is 4.79 Å². The van der Waals surface area contributed by atoms with Crippen molar-refractivity contribution < 1.29 is 19.8 Å². The largest absolute Gasteiger partial charge is 0.507 e. The number of aliphatic carboxylic acids is 1. The van der Waals surface area contributed by atoms with Crippen molar-refractivity contribution in [1.82, 2.24) is 0 Å². The number of halogens is 1. The topological polar surface area (TPSA) is 74.6 Å². The molecule has 5 heteroatoms. The number of hydrogen-bond donors (Lipinski definition) is 2. The first-order chi connectivity index (χ1) is 20.1. The summed E-state index contributed by atoms with van der Waals surface area (Å²) in [7, 11) is 0. The van der Waals surface area contributed by atoms with Crippen LogP contribution in [0.5, 0.6) is 5.75 Å². The number of hydrogen-bond acceptors (Lipinski definition) is 3. The summed E-state index contributed by atoms with van der Waals surface area (Å²) in [5.41, 5.74) is 6.82. The van der Waals surface area contributed by atoms with E-state index < -0.39 is 5.97 Å². The molecule has 0 saturated carbocycles.